The Balaban J connectivity index is 2.77. The maximum absolute atomic E-state index is 12.5. The summed E-state index contributed by atoms with van der Waals surface area (Å²) in [6.07, 6.45) is 3.88. The van der Waals surface area contributed by atoms with E-state index in [0.29, 0.717) is 25.6 Å². The van der Waals surface area contributed by atoms with E-state index in [9.17, 15) is 8.42 Å². The first-order valence-electron chi connectivity index (χ1n) is 6.86. The van der Waals surface area contributed by atoms with E-state index in [1.807, 2.05) is 0 Å². The predicted octanol–water partition coefficient (Wildman–Crippen LogP) is 1.02. The summed E-state index contributed by atoms with van der Waals surface area (Å²) in [6, 6.07) is -0.0249. The maximum atomic E-state index is 12.5. The number of rotatable bonds is 6. The zero-order chi connectivity index (χ0) is 13.8. The molecule has 2 unspecified atom stereocenters. The Morgan fingerprint density at radius 3 is 2.67 bits per heavy atom. The van der Waals surface area contributed by atoms with Gasteiger partial charge in [-0.2, -0.15) is 17.0 Å². The van der Waals surface area contributed by atoms with Gasteiger partial charge >= 0.3 is 0 Å². The number of nitrogens with two attached hydrogens (primary N) is 1. The molecule has 2 N–H and O–H groups in total. The molecular formula is C12H27N3O2S. The molecule has 1 heterocycles. The van der Waals surface area contributed by atoms with Crippen LogP contribution in [0.3, 0.4) is 0 Å². The van der Waals surface area contributed by atoms with Crippen LogP contribution in [0.15, 0.2) is 0 Å². The zero-order valence-corrected chi connectivity index (χ0v) is 12.6. The third kappa shape index (κ3) is 3.66. The molecule has 1 aliphatic heterocycles. The zero-order valence-electron chi connectivity index (χ0n) is 11.8. The Bertz CT molecular complexity index is 345. The van der Waals surface area contributed by atoms with Crippen LogP contribution in [0.25, 0.3) is 0 Å². The Morgan fingerprint density at radius 1 is 1.44 bits per heavy atom. The first-order valence-corrected chi connectivity index (χ1v) is 8.26. The van der Waals surface area contributed by atoms with E-state index >= 15 is 0 Å². The lowest BCUT2D eigenvalue weighted by atomic mass is 10.1. The second-order valence-corrected chi connectivity index (χ2v) is 7.29. The molecule has 1 rings (SSSR count). The van der Waals surface area contributed by atoms with Crippen molar-refractivity contribution in [2.45, 2.75) is 45.6 Å². The summed E-state index contributed by atoms with van der Waals surface area (Å²) in [6.45, 7) is 5.75. The van der Waals surface area contributed by atoms with Crippen molar-refractivity contribution < 1.29 is 8.42 Å². The summed E-state index contributed by atoms with van der Waals surface area (Å²) in [5.74, 6) is 0.380. The SMILES string of the molecule is CCC(C)CN(C)S(=O)(=O)N1CCCCC1CN. The summed E-state index contributed by atoms with van der Waals surface area (Å²) in [5.41, 5.74) is 5.69. The quantitative estimate of drug-likeness (QED) is 0.788. The molecule has 0 saturated carbocycles. The second kappa shape index (κ2) is 6.84. The van der Waals surface area contributed by atoms with Crippen LogP contribution in [0.1, 0.15) is 39.5 Å². The van der Waals surface area contributed by atoms with Crippen molar-refractivity contribution in [2.24, 2.45) is 11.7 Å². The Kier molecular flexibility index (Phi) is 6.04. The number of piperidine rings is 1. The fourth-order valence-electron chi connectivity index (χ4n) is 2.35. The van der Waals surface area contributed by atoms with Gasteiger partial charge in [-0.15, -0.1) is 0 Å². The van der Waals surface area contributed by atoms with Crippen LogP contribution in [0, 0.1) is 5.92 Å². The third-order valence-electron chi connectivity index (χ3n) is 3.80. The van der Waals surface area contributed by atoms with Gasteiger partial charge in [0.1, 0.15) is 0 Å². The minimum Gasteiger partial charge on any atom is -0.329 e. The minimum atomic E-state index is -3.34. The van der Waals surface area contributed by atoms with Gasteiger partial charge in [0.2, 0.25) is 0 Å². The van der Waals surface area contributed by atoms with Crippen molar-refractivity contribution >= 4 is 10.2 Å². The van der Waals surface area contributed by atoms with Crippen molar-refractivity contribution in [1.29, 1.82) is 0 Å². The first-order chi connectivity index (χ1) is 8.43. The highest BCUT2D eigenvalue weighted by molar-refractivity contribution is 7.86. The molecule has 0 radical (unpaired) electrons. The highest BCUT2D eigenvalue weighted by Gasteiger charge is 2.34. The van der Waals surface area contributed by atoms with Crippen molar-refractivity contribution in [2.75, 3.05) is 26.7 Å². The van der Waals surface area contributed by atoms with Crippen molar-refractivity contribution in [1.82, 2.24) is 8.61 Å². The van der Waals surface area contributed by atoms with Crippen molar-refractivity contribution in [3.8, 4) is 0 Å². The Labute approximate surface area is 112 Å². The summed E-state index contributed by atoms with van der Waals surface area (Å²) < 4.78 is 28.1. The normalized spacial score (nSPS) is 24.4. The van der Waals surface area contributed by atoms with Crippen molar-refractivity contribution in [3.63, 3.8) is 0 Å². The van der Waals surface area contributed by atoms with Gasteiger partial charge in [-0.05, 0) is 18.8 Å². The van der Waals surface area contributed by atoms with E-state index in [2.05, 4.69) is 13.8 Å². The lowest BCUT2D eigenvalue weighted by Crippen LogP contribution is -2.52. The molecule has 0 aromatic carbocycles. The van der Waals surface area contributed by atoms with Gasteiger partial charge in [0.15, 0.2) is 0 Å². The van der Waals surface area contributed by atoms with Gasteiger partial charge < -0.3 is 5.73 Å². The molecule has 0 bridgehead atoms. The number of hydrogen-bond donors (Lipinski definition) is 1. The molecule has 1 aliphatic rings. The fourth-order valence-corrected chi connectivity index (χ4v) is 4.08. The molecule has 5 nitrogen and oxygen atoms in total. The average molecular weight is 277 g/mol. The Morgan fingerprint density at radius 2 is 2.11 bits per heavy atom. The predicted molar refractivity (Wildman–Crippen MR) is 74.4 cm³/mol. The molecule has 108 valence electrons. The number of hydrogen-bond acceptors (Lipinski definition) is 3. The van der Waals surface area contributed by atoms with Crippen LogP contribution in [-0.2, 0) is 10.2 Å². The standard InChI is InChI=1S/C12H27N3O2S/c1-4-11(2)10-14(3)18(16,17)15-8-6-5-7-12(15)9-13/h11-12H,4-10,13H2,1-3H3. The highest BCUT2D eigenvalue weighted by Crippen LogP contribution is 2.22. The van der Waals surface area contributed by atoms with E-state index in [1.54, 1.807) is 11.4 Å². The van der Waals surface area contributed by atoms with Gasteiger partial charge in [0.25, 0.3) is 10.2 Å². The van der Waals surface area contributed by atoms with Gasteiger partial charge in [0.05, 0.1) is 0 Å². The summed E-state index contributed by atoms with van der Waals surface area (Å²) in [4.78, 5) is 0. The molecule has 0 aromatic rings. The van der Waals surface area contributed by atoms with E-state index in [0.717, 1.165) is 25.7 Å². The second-order valence-electron chi connectivity index (χ2n) is 5.30. The molecule has 6 heteroatoms. The van der Waals surface area contributed by atoms with Crippen molar-refractivity contribution in [3.05, 3.63) is 0 Å². The van der Waals surface area contributed by atoms with Crippen LogP contribution in [-0.4, -0.2) is 49.8 Å². The van der Waals surface area contributed by atoms with Crippen LogP contribution >= 0.6 is 0 Å². The van der Waals surface area contributed by atoms with E-state index in [4.69, 9.17) is 5.73 Å². The lowest BCUT2D eigenvalue weighted by molar-refractivity contribution is 0.236. The van der Waals surface area contributed by atoms with Crippen LogP contribution in [0.4, 0.5) is 0 Å². The van der Waals surface area contributed by atoms with Gasteiger partial charge in [-0.1, -0.05) is 26.7 Å². The summed E-state index contributed by atoms with van der Waals surface area (Å²) >= 11 is 0. The Hall–Kier alpha value is -0.170. The molecule has 0 spiro atoms. The van der Waals surface area contributed by atoms with Gasteiger partial charge in [0, 0.05) is 32.7 Å². The van der Waals surface area contributed by atoms with E-state index < -0.39 is 10.2 Å². The lowest BCUT2D eigenvalue weighted by Gasteiger charge is -2.36. The average Bonchev–Trinajstić information content (AvgIpc) is 2.38. The van der Waals surface area contributed by atoms with Crippen LogP contribution in [0.5, 0.6) is 0 Å². The topological polar surface area (TPSA) is 66.6 Å². The molecule has 0 aliphatic carbocycles. The van der Waals surface area contributed by atoms with Gasteiger partial charge in [-0.3, -0.25) is 0 Å². The van der Waals surface area contributed by atoms with Crippen LogP contribution in [0.2, 0.25) is 0 Å². The fraction of sp³-hybridized carbons (Fsp3) is 1.00. The largest absolute Gasteiger partial charge is 0.329 e. The monoisotopic (exact) mass is 277 g/mol. The van der Waals surface area contributed by atoms with E-state index in [-0.39, 0.29) is 6.04 Å². The van der Waals surface area contributed by atoms with E-state index in [1.165, 1.54) is 4.31 Å². The molecular weight excluding hydrogens is 250 g/mol. The molecule has 0 aromatic heterocycles. The molecule has 0 amide bonds. The number of nitrogens with zero attached hydrogens (tertiary/aromatic N) is 2. The minimum absolute atomic E-state index is 0.0249. The smallest absolute Gasteiger partial charge is 0.282 e. The molecule has 18 heavy (non-hydrogen) atoms. The molecule has 2 atom stereocenters. The summed E-state index contributed by atoms with van der Waals surface area (Å²) in [5, 5.41) is 0. The van der Waals surface area contributed by atoms with Crippen LogP contribution < -0.4 is 5.73 Å². The third-order valence-corrected chi connectivity index (χ3v) is 5.81. The highest BCUT2D eigenvalue weighted by atomic mass is 32.2. The molecule has 1 fully saturated rings. The molecule has 1 saturated heterocycles. The summed E-state index contributed by atoms with van der Waals surface area (Å²) in [7, 11) is -1.67. The maximum Gasteiger partial charge on any atom is 0.282 e. The van der Waals surface area contributed by atoms with Gasteiger partial charge in [-0.25, -0.2) is 0 Å². The first kappa shape index (κ1) is 15.9.